The van der Waals surface area contributed by atoms with E-state index in [9.17, 15) is 0 Å². The largest absolute Gasteiger partial charge is 0.496 e. The number of fused-ring (bicyclic) bond motifs is 3. The van der Waals surface area contributed by atoms with E-state index in [0.717, 1.165) is 51.9 Å². The number of imidazole rings is 1. The Balaban J connectivity index is 2.03. The van der Waals surface area contributed by atoms with Crippen molar-refractivity contribution in [1.82, 2.24) is 14.5 Å². The van der Waals surface area contributed by atoms with E-state index in [1.807, 2.05) is 24.4 Å². The van der Waals surface area contributed by atoms with Crippen LogP contribution in [-0.2, 0) is 13.0 Å². The highest BCUT2D eigenvalue weighted by atomic mass is 16.5. The van der Waals surface area contributed by atoms with Crippen LogP contribution in [0.5, 0.6) is 5.75 Å². The van der Waals surface area contributed by atoms with E-state index < -0.39 is 0 Å². The number of methoxy groups -OCH3 is 1. The Kier molecular flexibility index (Phi) is 3.84. The van der Waals surface area contributed by atoms with Gasteiger partial charge >= 0.3 is 0 Å². The Morgan fingerprint density at radius 3 is 2.80 bits per heavy atom. The van der Waals surface area contributed by atoms with Gasteiger partial charge in [0.05, 0.1) is 30.7 Å². The molecule has 0 spiro atoms. The van der Waals surface area contributed by atoms with Crippen LogP contribution in [0.2, 0.25) is 0 Å². The molecule has 3 heterocycles. The first-order valence-electron chi connectivity index (χ1n) is 8.43. The summed E-state index contributed by atoms with van der Waals surface area (Å²) in [5, 5.41) is 0. The van der Waals surface area contributed by atoms with E-state index >= 15 is 0 Å². The van der Waals surface area contributed by atoms with Gasteiger partial charge in [-0.25, -0.2) is 4.98 Å². The summed E-state index contributed by atoms with van der Waals surface area (Å²) in [5.74, 6) is 1.82. The summed E-state index contributed by atoms with van der Waals surface area (Å²) in [7, 11) is 1.72. The summed E-state index contributed by atoms with van der Waals surface area (Å²) in [5.41, 5.74) is 6.13. The molecular formula is C20H20N4O. The number of ether oxygens (including phenoxy) is 1. The highest BCUT2D eigenvalue weighted by Crippen LogP contribution is 2.32. The van der Waals surface area contributed by atoms with Gasteiger partial charge in [-0.3, -0.25) is 14.5 Å². The molecule has 1 aliphatic heterocycles. The molecule has 0 fully saturated rings. The van der Waals surface area contributed by atoms with Crippen molar-refractivity contribution in [3.63, 3.8) is 0 Å². The second-order valence-corrected chi connectivity index (χ2v) is 6.07. The highest BCUT2D eigenvalue weighted by Gasteiger charge is 2.23. The number of aliphatic imine (C=N–C) groups is 1. The van der Waals surface area contributed by atoms with E-state index in [1.165, 1.54) is 0 Å². The third kappa shape index (κ3) is 2.52. The molecular weight excluding hydrogens is 312 g/mol. The summed E-state index contributed by atoms with van der Waals surface area (Å²) in [6, 6.07) is 10.2. The Morgan fingerprint density at radius 1 is 1.20 bits per heavy atom. The van der Waals surface area contributed by atoms with Crippen LogP contribution < -0.4 is 4.74 Å². The fraction of sp³-hybridized carbons (Fsp3) is 0.250. The van der Waals surface area contributed by atoms with Gasteiger partial charge in [-0.1, -0.05) is 13.0 Å². The molecule has 5 nitrogen and oxygen atoms in total. The number of aromatic nitrogens is 3. The van der Waals surface area contributed by atoms with E-state index in [-0.39, 0.29) is 0 Å². The lowest BCUT2D eigenvalue weighted by Gasteiger charge is -2.17. The van der Waals surface area contributed by atoms with Crippen molar-refractivity contribution in [3.05, 3.63) is 71.1 Å². The number of pyridine rings is 1. The van der Waals surface area contributed by atoms with Crippen molar-refractivity contribution in [2.24, 2.45) is 4.99 Å². The molecule has 0 amide bonds. The molecule has 0 N–H and O–H groups in total. The van der Waals surface area contributed by atoms with Gasteiger partial charge in [0.1, 0.15) is 11.6 Å². The molecule has 1 aromatic carbocycles. The maximum absolute atomic E-state index is 5.63. The van der Waals surface area contributed by atoms with Crippen molar-refractivity contribution >= 4 is 5.71 Å². The van der Waals surface area contributed by atoms with Gasteiger partial charge in [0.15, 0.2) is 0 Å². The van der Waals surface area contributed by atoms with Crippen LogP contribution in [0.3, 0.4) is 0 Å². The molecule has 0 atom stereocenters. The summed E-state index contributed by atoms with van der Waals surface area (Å²) >= 11 is 0. The first-order valence-corrected chi connectivity index (χ1v) is 8.43. The summed E-state index contributed by atoms with van der Waals surface area (Å²) < 4.78 is 7.79. The van der Waals surface area contributed by atoms with Gasteiger partial charge in [0.2, 0.25) is 0 Å². The van der Waals surface area contributed by atoms with Crippen LogP contribution in [0.4, 0.5) is 0 Å². The quantitative estimate of drug-likeness (QED) is 0.737. The summed E-state index contributed by atoms with van der Waals surface area (Å²) in [6.45, 7) is 4.72. The number of benzene rings is 1. The normalized spacial score (nSPS) is 12.8. The Morgan fingerprint density at radius 2 is 2.08 bits per heavy atom. The van der Waals surface area contributed by atoms with Crippen LogP contribution in [-0.4, -0.2) is 27.4 Å². The molecule has 0 aliphatic carbocycles. The standard InChI is InChI=1S/C20H20N4O/c1-4-14-9-15-17(10-18(14)25-3)24-13(2)11-22-19(24)12-23-20(15)16-7-5-6-8-21-16/h5-11H,4,12H2,1-3H3. The Labute approximate surface area is 147 Å². The van der Waals surface area contributed by atoms with Gasteiger partial charge < -0.3 is 4.74 Å². The minimum absolute atomic E-state index is 0.526. The maximum atomic E-state index is 5.63. The van der Waals surface area contributed by atoms with Crippen LogP contribution in [0, 0.1) is 6.92 Å². The topological polar surface area (TPSA) is 52.3 Å². The molecule has 1 aliphatic rings. The highest BCUT2D eigenvalue weighted by molar-refractivity contribution is 6.14. The zero-order valence-corrected chi connectivity index (χ0v) is 14.7. The lowest BCUT2D eigenvalue weighted by Crippen LogP contribution is -2.11. The SMILES string of the molecule is CCc1cc2c(cc1OC)-n1c(C)cnc1CN=C2c1ccccn1. The van der Waals surface area contributed by atoms with Gasteiger partial charge in [-0.15, -0.1) is 0 Å². The van der Waals surface area contributed by atoms with Crippen molar-refractivity contribution in [2.75, 3.05) is 7.11 Å². The van der Waals surface area contributed by atoms with Crippen LogP contribution in [0.25, 0.3) is 5.69 Å². The minimum atomic E-state index is 0.526. The smallest absolute Gasteiger partial charge is 0.135 e. The van der Waals surface area contributed by atoms with E-state index in [4.69, 9.17) is 9.73 Å². The van der Waals surface area contributed by atoms with Gasteiger partial charge in [-0.2, -0.15) is 0 Å². The molecule has 3 aromatic rings. The van der Waals surface area contributed by atoms with Crippen molar-refractivity contribution in [3.8, 4) is 11.4 Å². The Hall–Kier alpha value is -2.95. The minimum Gasteiger partial charge on any atom is -0.496 e. The summed E-state index contributed by atoms with van der Waals surface area (Å²) in [4.78, 5) is 13.9. The van der Waals surface area contributed by atoms with Crippen LogP contribution in [0.1, 0.15) is 35.3 Å². The van der Waals surface area contributed by atoms with Gasteiger partial charge in [-0.05, 0) is 37.1 Å². The zero-order chi connectivity index (χ0) is 17.4. The predicted octanol–water partition coefficient (Wildman–Crippen LogP) is 3.50. The lowest BCUT2D eigenvalue weighted by molar-refractivity contribution is 0.410. The number of hydrogen-bond donors (Lipinski definition) is 0. The third-order valence-electron chi connectivity index (χ3n) is 4.57. The molecule has 0 bridgehead atoms. The molecule has 0 saturated carbocycles. The molecule has 0 saturated heterocycles. The van der Waals surface area contributed by atoms with Crippen LogP contribution >= 0.6 is 0 Å². The Bertz CT molecular complexity index is 957. The molecule has 0 radical (unpaired) electrons. The van der Waals surface area contributed by atoms with Crippen LogP contribution in [0.15, 0.2) is 47.7 Å². The van der Waals surface area contributed by atoms with E-state index in [2.05, 4.69) is 40.5 Å². The second kappa shape index (κ2) is 6.16. The first kappa shape index (κ1) is 15.6. The third-order valence-corrected chi connectivity index (χ3v) is 4.57. The fourth-order valence-corrected chi connectivity index (χ4v) is 3.34. The average molecular weight is 332 g/mol. The number of rotatable bonds is 3. The molecule has 25 heavy (non-hydrogen) atoms. The molecule has 5 heteroatoms. The number of nitrogens with zero attached hydrogens (tertiary/aromatic N) is 4. The monoisotopic (exact) mass is 332 g/mol. The predicted molar refractivity (Wildman–Crippen MR) is 97.8 cm³/mol. The maximum Gasteiger partial charge on any atom is 0.135 e. The second-order valence-electron chi connectivity index (χ2n) is 6.07. The molecule has 2 aromatic heterocycles. The van der Waals surface area contributed by atoms with Crippen molar-refractivity contribution in [2.45, 2.75) is 26.8 Å². The first-order chi connectivity index (χ1) is 12.2. The van der Waals surface area contributed by atoms with Gasteiger partial charge in [0, 0.05) is 29.7 Å². The van der Waals surface area contributed by atoms with E-state index in [1.54, 1.807) is 13.3 Å². The molecule has 126 valence electrons. The molecule has 4 rings (SSSR count). The van der Waals surface area contributed by atoms with E-state index in [0.29, 0.717) is 6.54 Å². The molecule has 0 unspecified atom stereocenters. The fourth-order valence-electron chi connectivity index (χ4n) is 3.34. The lowest BCUT2D eigenvalue weighted by atomic mass is 9.99. The van der Waals surface area contributed by atoms with Crippen molar-refractivity contribution < 1.29 is 4.74 Å². The zero-order valence-electron chi connectivity index (χ0n) is 14.7. The van der Waals surface area contributed by atoms with Crippen molar-refractivity contribution in [1.29, 1.82) is 0 Å². The number of hydrogen-bond acceptors (Lipinski definition) is 4. The average Bonchev–Trinajstić information content (AvgIpc) is 2.94. The number of aryl methyl sites for hydroxylation is 2. The van der Waals surface area contributed by atoms with Gasteiger partial charge in [0.25, 0.3) is 0 Å². The summed E-state index contributed by atoms with van der Waals surface area (Å²) in [6.07, 6.45) is 4.58.